The summed E-state index contributed by atoms with van der Waals surface area (Å²) in [5.74, 6) is -2.94. The number of aliphatic hydroxyl groups excluding tert-OH is 1. The molecule has 188 valence electrons. The number of aliphatic hydroxyl groups is 1. The number of benzene rings is 1. The zero-order valence-corrected chi connectivity index (χ0v) is 22.0. The first kappa shape index (κ1) is 24.3. The fourth-order valence-electron chi connectivity index (χ4n) is 6.14. The lowest BCUT2D eigenvalue weighted by Crippen LogP contribution is -2.39. The molecule has 1 aromatic heterocycles. The fraction of sp³-hybridized carbons (Fsp3) is 0.286. The van der Waals surface area contributed by atoms with Crippen molar-refractivity contribution >= 4 is 56.6 Å². The summed E-state index contributed by atoms with van der Waals surface area (Å²) in [6.07, 6.45) is 3.68. The molecule has 0 saturated carbocycles. The largest absolute Gasteiger partial charge is 0.463 e. The molecule has 2 amide bonds. The molecule has 6 rings (SSSR count). The van der Waals surface area contributed by atoms with Gasteiger partial charge in [-0.2, -0.15) is 0 Å². The number of furan rings is 1. The molecule has 0 radical (unpaired) electrons. The minimum absolute atomic E-state index is 0.162. The molecule has 1 N–H and O–H groups in total. The van der Waals surface area contributed by atoms with Crippen molar-refractivity contribution in [2.45, 2.75) is 32.3 Å². The van der Waals surface area contributed by atoms with E-state index < -0.39 is 23.7 Å². The van der Waals surface area contributed by atoms with Gasteiger partial charge in [0.1, 0.15) is 18.1 Å². The number of anilines is 1. The molecule has 0 spiro atoms. The molecule has 4 atom stereocenters. The predicted octanol–water partition coefficient (Wildman–Crippen LogP) is 4.70. The molecule has 37 heavy (non-hydrogen) atoms. The zero-order valence-electron chi connectivity index (χ0n) is 19.7. The second-order valence-corrected chi connectivity index (χ2v) is 11.1. The Morgan fingerprint density at radius 2 is 1.89 bits per heavy atom. The molecule has 2 aromatic rings. The SMILES string of the molecule is Cc1ccc(N2C(=O)C3CC=C4C(c5ccc(CO)o5)C5=C(CC4C3C2=O)C(=O)C(Br)=CC5=O)cc1Cl. The number of hydrogen-bond donors (Lipinski definition) is 1. The highest BCUT2D eigenvalue weighted by molar-refractivity contribution is 9.12. The number of hydrogen-bond acceptors (Lipinski definition) is 6. The van der Waals surface area contributed by atoms with E-state index in [2.05, 4.69) is 15.9 Å². The number of ketones is 2. The third-order valence-corrected chi connectivity index (χ3v) is 8.86. The number of allylic oxidation sites excluding steroid dienone is 6. The maximum Gasteiger partial charge on any atom is 0.238 e. The Labute approximate surface area is 225 Å². The third-order valence-electron chi connectivity index (χ3n) is 7.87. The van der Waals surface area contributed by atoms with Crippen LogP contribution < -0.4 is 4.90 Å². The van der Waals surface area contributed by atoms with E-state index in [1.54, 1.807) is 30.3 Å². The fourth-order valence-corrected chi connectivity index (χ4v) is 6.77. The highest BCUT2D eigenvalue weighted by Crippen LogP contribution is 2.55. The first-order chi connectivity index (χ1) is 17.7. The number of carbonyl (C=O) groups excluding carboxylic acids is 4. The van der Waals surface area contributed by atoms with Crippen molar-refractivity contribution in [3.05, 3.63) is 85.8 Å². The van der Waals surface area contributed by atoms with Crippen molar-refractivity contribution in [2.75, 3.05) is 4.90 Å². The quantitative estimate of drug-likeness (QED) is 0.320. The van der Waals surface area contributed by atoms with E-state index >= 15 is 0 Å². The van der Waals surface area contributed by atoms with Crippen molar-refractivity contribution in [1.82, 2.24) is 0 Å². The Kier molecular flexibility index (Phi) is 5.74. The van der Waals surface area contributed by atoms with Crippen LogP contribution in [0.4, 0.5) is 5.69 Å². The lowest BCUT2D eigenvalue weighted by atomic mass is 9.60. The van der Waals surface area contributed by atoms with Crippen LogP contribution in [0.3, 0.4) is 0 Å². The third kappa shape index (κ3) is 3.57. The monoisotopic (exact) mass is 581 g/mol. The van der Waals surface area contributed by atoms with E-state index in [0.29, 0.717) is 39.8 Å². The Balaban J connectivity index is 1.47. The highest BCUT2D eigenvalue weighted by atomic mass is 79.9. The van der Waals surface area contributed by atoms with E-state index in [-0.39, 0.29) is 40.9 Å². The number of fused-ring (bicyclic) bond motifs is 3. The summed E-state index contributed by atoms with van der Waals surface area (Å²) in [6, 6.07) is 8.40. The van der Waals surface area contributed by atoms with Crippen LogP contribution in [0.5, 0.6) is 0 Å². The summed E-state index contributed by atoms with van der Waals surface area (Å²) in [6.45, 7) is 1.53. The van der Waals surface area contributed by atoms with E-state index in [1.807, 2.05) is 13.0 Å². The normalized spacial score (nSPS) is 27.2. The number of halogens is 2. The van der Waals surface area contributed by atoms with Crippen LogP contribution in [0.2, 0.25) is 5.02 Å². The number of amides is 2. The molecule has 1 aliphatic heterocycles. The molecule has 0 bridgehead atoms. The van der Waals surface area contributed by atoms with Crippen molar-refractivity contribution < 1.29 is 28.7 Å². The van der Waals surface area contributed by atoms with Gasteiger partial charge in [-0.25, -0.2) is 4.90 Å². The number of Topliss-reactive ketones (excluding diaryl/α,β-unsaturated/α-hetero) is 1. The van der Waals surface area contributed by atoms with E-state index in [4.69, 9.17) is 16.0 Å². The van der Waals surface area contributed by atoms with Gasteiger partial charge in [0, 0.05) is 22.2 Å². The van der Waals surface area contributed by atoms with Gasteiger partial charge in [-0.1, -0.05) is 29.3 Å². The second kappa shape index (κ2) is 8.75. The topological polar surface area (TPSA) is 105 Å². The van der Waals surface area contributed by atoms with Gasteiger partial charge in [0.2, 0.25) is 11.8 Å². The highest BCUT2D eigenvalue weighted by Gasteiger charge is 2.57. The number of aryl methyl sites for hydroxylation is 1. The average molecular weight is 583 g/mol. The standard InChI is InChI=1S/C28H21BrClNO6/c1-12-2-3-13(8-20(12)30)31-27(35)16-6-5-15-17(23(16)28(31)36)9-18-24(21(33)10-19(29)26(18)34)25(15)22-7-4-14(11-32)37-22/h2-5,7-8,10,16-17,23,25,32H,6,9,11H2,1H3. The number of nitrogens with zero attached hydrogens (tertiary/aromatic N) is 1. The summed E-state index contributed by atoms with van der Waals surface area (Å²) in [5, 5.41) is 10.0. The first-order valence-electron chi connectivity index (χ1n) is 11.9. The maximum atomic E-state index is 13.9. The van der Waals surface area contributed by atoms with Crippen molar-refractivity contribution in [1.29, 1.82) is 0 Å². The van der Waals surface area contributed by atoms with Crippen LogP contribution in [0, 0.1) is 24.7 Å². The Hall–Kier alpha value is -3.07. The summed E-state index contributed by atoms with van der Waals surface area (Å²) in [5.41, 5.74) is 2.69. The van der Waals surface area contributed by atoms with Gasteiger partial charge in [0.15, 0.2) is 11.6 Å². The van der Waals surface area contributed by atoms with Crippen LogP contribution in [-0.2, 0) is 25.8 Å². The van der Waals surface area contributed by atoms with Gasteiger partial charge in [0.05, 0.1) is 27.9 Å². The maximum absolute atomic E-state index is 13.9. The molecule has 1 fully saturated rings. The zero-order chi connectivity index (χ0) is 26.2. The minimum Gasteiger partial charge on any atom is -0.463 e. The summed E-state index contributed by atoms with van der Waals surface area (Å²) < 4.78 is 6.02. The lowest BCUT2D eigenvalue weighted by Gasteiger charge is -2.41. The average Bonchev–Trinajstić information content (AvgIpc) is 3.45. The molecule has 4 aliphatic rings. The summed E-state index contributed by atoms with van der Waals surface area (Å²) >= 11 is 9.51. The molecule has 3 aliphatic carbocycles. The number of carbonyl (C=O) groups is 4. The molecule has 4 unspecified atom stereocenters. The number of rotatable bonds is 3. The molecule has 1 saturated heterocycles. The van der Waals surface area contributed by atoms with E-state index in [9.17, 15) is 24.3 Å². The van der Waals surface area contributed by atoms with E-state index in [1.165, 1.54) is 11.0 Å². The van der Waals surface area contributed by atoms with Gasteiger partial charge in [-0.3, -0.25) is 19.2 Å². The molecule has 1 aromatic carbocycles. The van der Waals surface area contributed by atoms with Crippen LogP contribution in [0.1, 0.15) is 35.8 Å². The summed E-state index contributed by atoms with van der Waals surface area (Å²) in [4.78, 5) is 55.0. The molecule has 2 heterocycles. The van der Waals surface area contributed by atoms with Gasteiger partial charge >= 0.3 is 0 Å². The number of imide groups is 1. The van der Waals surface area contributed by atoms with Gasteiger partial charge in [0.25, 0.3) is 0 Å². The van der Waals surface area contributed by atoms with Gasteiger partial charge in [-0.15, -0.1) is 0 Å². The van der Waals surface area contributed by atoms with Gasteiger partial charge in [-0.05, 0) is 71.4 Å². The predicted molar refractivity (Wildman–Crippen MR) is 138 cm³/mol. The lowest BCUT2D eigenvalue weighted by molar-refractivity contribution is -0.123. The van der Waals surface area contributed by atoms with Crippen molar-refractivity contribution in [3.8, 4) is 0 Å². The molecular formula is C28H21BrClNO6. The van der Waals surface area contributed by atoms with Crippen LogP contribution in [0.15, 0.2) is 68.1 Å². The van der Waals surface area contributed by atoms with Crippen molar-refractivity contribution in [3.63, 3.8) is 0 Å². The second-order valence-electron chi connectivity index (χ2n) is 9.80. The smallest absolute Gasteiger partial charge is 0.238 e. The molecular weight excluding hydrogens is 562 g/mol. The van der Waals surface area contributed by atoms with Crippen LogP contribution in [-0.4, -0.2) is 28.5 Å². The minimum atomic E-state index is -0.691. The van der Waals surface area contributed by atoms with Gasteiger partial charge < -0.3 is 9.52 Å². The van der Waals surface area contributed by atoms with Crippen molar-refractivity contribution in [2.24, 2.45) is 17.8 Å². The Morgan fingerprint density at radius 1 is 1.11 bits per heavy atom. The Bertz CT molecular complexity index is 1510. The molecule has 7 nitrogen and oxygen atoms in total. The van der Waals surface area contributed by atoms with E-state index in [0.717, 1.165) is 11.1 Å². The summed E-state index contributed by atoms with van der Waals surface area (Å²) in [7, 11) is 0. The molecule has 9 heteroatoms. The Morgan fingerprint density at radius 3 is 2.59 bits per heavy atom. The first-order valence-corrected chi connectivity index (χ1v) is 13.1. The van der Waals surface area contributed by atoms with Crippen LogP contribution in [0.25, 0.3) is 0 Å². The van der Waals surface area contributed by atoms with Crippen LogP contribution >= 0.6 is 27.5 Å².